The van der Waals surface area contributed by atoms with Crippen molar-refractivity contribution in [2.45, 2.75) is 50.7 Å². The van der Waals surface area contributed by atoms with E-state index in [2.05, 4.69) is 30.0 Å². The third-order valence-corrected chi connectivity index (χ3v) is 6.57. The highest BCUT2D eigenvalue weighted by molar-refractivity contribution is 5.66. The molecule has 0 spiro atoms. The Bertz CT molecular complexity index is 1020. The van der Waals surface area contributed by atoms with Crippen LogP contribution in [-0.4, -0.2) is 56.4 Å². The van der Waals surface area contributed by atoms with Gasteiger partial charge in [0, 0.05) is 5.92 Å². The molecule has 0 saturated heterocycles. The Labute approximate surface area is 179 Å². The predicted molar refractivity (Wildman–Crippen MR) is 109 cm³/mol. The first-order valence-electron chi connectivity index (χ1n) is 10.3. The molecule has 4 N–H and O–H groups in total. The number of anilines is 1. The first kappa shape index (κ1) is 21.3. The lowest BCUT2D eigenvalue weighted by molar-refractivity contribution is -0.0265. The third kappa shape index (κ3) is 3.68. The largest absolute Gasteiger partial charge is 0.508 e. The molecule has 2 fully saturated rings. The van der Waals surface area contributed by atoms with Gasteiger partial charge in [-0.25, -0.2) is 14.3 Å². The van der Waals surface area contributed by atoms with Crippen molar-refractivity contribution in [2.75, 3.05) is 18.9 Å². The summed E-state index contributed by atoms with van der Waals surface area (Å²) < 4.78 is 11.8. The van der Waals surface area contributed by atoms with E-state index >= 15 is 0 Å². The summed E-state index contributed by atoms with van der Waals surface area (Å²) >= 11 is 0. The van der Waals surface area contributed by atoms with Gasteiger partial charge in [-0.2, -0.15) is 10.4 Å². The molecule has 0 aromatic carbocycles. The predicted octanol–water partition coefficient (Wildman–Crippen LogP) is 1.40. The first-order chi connectivity index (χ1) is 14.7. The van der Waals surface area contributed by atoms with Crippen LogP contribution in [0, 0.1) is 28.6 Å². The summed E-state index contributed by atoms with van der Waals surface area (Å²) in [6.07, 6.45) is -0.136. The second-order valence-corrected chi connectivity index (χ2v) is 9.45. The number of nitrogens with two attached hydrogens (primary N) is 1. The van der Waals surface area contributed by atoms with Gasteiger partial charge in [0.05, 0.1) is 24.5 Å². The molecule has 2 aliphatic rings. The van der Waals surface area contributed by atoms with Gasteiger partial charge in [0.1, 0.15) is 30.0 Å². The molecular weight excluding hydrogens is 402 g/mol. The van der Waals surface area contributed by atoms with Crippen LogP contribution < -0.4 is 5.73 Å². The van der Waals surface area contributed by atoms with E-state index in [4.69, 9.17) is 15.2 Å². The number of ether oxygens (including phenoxy) is 2. The van der Waals surface area contributed by atoms with Crippen molar-refractivity contribution in [1.82, 2.24) is 14.6 Å². The van der Waals surface area contributed by atoms with Crippen LogP contribution in [0.15, 0.2) is 18.5 Å². The van der Waals surface area contributed by atoms with Gasteiger partial charge in [-0.3, -0.25) is 0 Å². The van der Waals surface area contributed by atoms with E-state index in [1.54, 1.807) is 12.1 Å². The Morgan fingerprint density at radius 3 is 2.68 bits per heavy atom. The summed E-state index contributed by atoms with van der Waals surface area (Å²) in [6, 6.07) is 5.44. The van der Waals surface area contributed by atoms with Gasteiger partial charge in [0.15, 0.2) is 5.82 Å². The molecule has 2 heterocycles. The minimum atomic E-state index is -1.44. The Morgan fingerprint density at radius 1 is 1.29 bits per heavy atom. The van der Waals surface area contributed by atoms with E-state index in [9.17, 15) is 20.3 Å². The van der Waals surface area contributed by atoms with Crippen molar-refractivity contribution in [3.05, 3.63) is 24.2 Å². The van der Waals surface area contributed by atoms with Crippen LogP contribution >= 0.6 is 0 Å². The lowest BCUT2D eigenvalue weighted by Gasteiger charge is -2.42. The number of rotatable bonds is 5. The maximum Gasteiger partial charge on any atom is 0.508 e. The molecule has 4 atom stereocenters. The topological polar surface area (TPSA) is 156 Å². The van der Waals surface area contributed by atoms with Crippen LogP contribution in [-0.2, 0) is 14.9 Å². The van der Waals surface area contributed by atoms with E-state index in [0.29, 0.717) is 29.2 Å². The van der Waals surface area contributed by atoms with Gasteiger partial charge in [-0.15, -0.1) is 0 Å². The number of aliphatic hydroxyl groups is 2. The van der Waals surface area contributed by atoms with Crippen LogP contribution in [0.3, 0.4) is 0 Å². The highest BCUT2D eigenvalue weighted by atomic mass is 16.7. The maximum absolute atomic E-state index is 12.0. The van der Waals surface area contributed by atoms with Crippen molar-refractivity contribution >= 4 is 17.5 Å². The number of aromatic nitrogens is 3. The smallest absolute Gasteiger partial charge is 0.434 e. The number of carbonyl (C=O) groups is 1. The number of hydrogen-bond acceptors (Lipinski definition) is 9. The summed E-state index contributed by atoms with van der Waals surface area (Å²) in [5.41, 5.74) is 5.60. The molecule has 2 aromatic rings. The molecule has 2 aliphatic carbocycles. The number of nitrogen functional groups attached to an aromatic ring is 1. The summed E-state index contributed by atoms with van der Waals surface area (Å²) in [5.74, 6) is -0.0702. The number of nitriles is 1. The van der Waals surface area contributed by atoms with Gasteiger partial charge in [-0.1, -0.05) is 13.8 Å². The molecule has 0 aliphatic heterocycles. The molecule has 2 aromatic heterocycles. The van der Waals surface area contributed by atoms with Crippen LogP contribution in [0.2, 0.25) is 0 Å². The minimum Gasteiger partial charge on any atom is -0.434 e. The molecule has 0 amide bonds. The quantitative estimate of drug-likeness (QED) is 0.598. The molecule has 0 bridgehead atoms. The molecule has 31 heavy (non-hydrogen) atoms. The SMILES string of the molecule is CC1(C)CC(COC(=O)OC[C@H]2C[C@@](C#N)(c3ccc4c(N)ncnn34)[C@H](O)[C@@H]2O)C1. The van der Waals surface area contributed by atoms with E-state index < -0.39 is 29.7 Å². The monoisotopic (exact) mass is 429 g/mol. The van der Waals surface area contributed by atoms with Gasteiger partial charge in [0.25, 0.3) is 0 Å². The molecule has 10 nitrogen and oxygen atoms in total. The van der Waals surface area contributed by atoms with Crippen molar-refractivity contribution in [3.8, 4) is 6.07 Å². The zero-order valence-electron chi connectivity index (χ0n) is 17.6. The van der Waals surface area contributed by atoms with Crippen molar-refractivity contribution in [2.24, 2.45) is 17.3 Å². The fraction of sp³-hybridized carbons (Fsp3) is 0.619. The molecule has 2 saturated carbocycles. The minimum absolute atomic E-state index is 0.0753. The highest BCUT2D eigenvalue weighted by Crippen LogP contribution is 2.46. The average Bonchev–Trinajstić information content (AvgIpc) is 3.25. The Balaban J connectivity index is 1.42. The van der Waals surface area contributed by atoms with Crippen molar-refractivity contribution < 1.29 is 24.5 Å². The van der Waals surface area contributed by atoms with Gasteiger partial charge >= 0.3 is 6.16 Å². The zero-order valence-corrected chi connectivity index (χ0v) is 17.6. The second-order valence-electron chi connectivity index (χ2n) is 9.45. The Morgan fingerprint density at radius 2 is 2.00 bits per heavy atom. The number of aliphatic hydroxyl groups excluding tert-OH is 2. The standard InChI is InChI=1S/C21H27N5O5/c1-20(2)5-12(6-20)8-30-19(29)31-9-13-7-21(10-22,17(28)16(13)27)15-4-3-14-18(23)24-11-25-26(14)15/h3-4,11-13,16-17,27-28H,5-9H2,1-2H3,(H2,23,24,25)/t13-,16-,17-,21-/m1/s1. The molecule has 166 valence electrons. The van der Waals surface area contributed by atoms with Crippen LogP contribution in [0.5, 0.6) is 0 Å². The highest BCUT2D eigenvalue weighted by Gasteiger charge is 2.56. The van der Waals surface area contributed by atoms with Gasteiger partial charge in [-0.05, 0) is 42.7 Å². The first-order valence-corrected chi connectivity index (χ1v) is 10.3. The maximum atomic E-state index is 12.0. The average molecular weight is 429 g/mol. The van der Waals surface area contributed by atoms with Crippen molar-refractivity contribution in [1.29, 1.82) is 5.26 Å². The summed E-state index contributed by atoms with van der Waals surface area (Å²) in [4.78, 5) is 15.9. The number of hydrogen-bond donors (Lipinski definition) is 3. The lowest BCUT2D eigenvalue weighted by atomic mass is 9.65. The molecular formula is C21H27N5O5. The molecule has 0 radical (unpaired) electrons. The van der Waals surface area contributed by atoms with E-state index in [-0.39, 0.29) is 18.8 Å². The normalized spacial score (nSPS) is 30.0. The fourth-order valence-corrected chi connectivity index (χ4v) is 5.10. The Kier molecular flexibility index (Phi) is 5.27. The molecule has 10 heteroatoms. The van der Waals surface area contributed by atoms with E-state index in [1.165, 1.54) is 10.8 Å². The summed E-state index contributed by atoms with van der Waals surface area (Å²) in [7, 11) is 0. The fourth-order valence-electron chi connectivity index (χ4n) is 5.10. The summed E-state index contributed by atoms with van der Waals surface area (Å²) in [5, 5.41) is 35.5. The summed E-state index contributed by atoms with van der Waals surface area (Å²) in [6.45, 7) is 4.48. The third-order valence-electron chi connectivity index (χ3n) is 6.57. The van der Waals surface area contributed by atoms with Crippen molar-refractivity contribution in [3.63, 3.8) is 0 Å². The van der Waals surface area contributed by atoms with Crippen LogP contribution in [0.4, 0.5) is 10.6 Å². The number of carbonyl (C=O) groups excluding carboxylic acids is 1. The number of nitrogens with zero attached hydrogens (tertiary/aromatic N) is 4. The van der Waals surface area contributed by atoms with Crippen LogP contribution in [0.1, 0.15) is 38.8 Å². The van der Waals surface area contributed by atoms with E-state index in [0.717, 1.165) is 12.8 Å². The molecule has 4 rings (SSSR count). The molecule has 0 unspecified atom stereocenters. The van der Waals surface area contributed by atoms with E-state index in [1.807, 2.05) is 0 Å². The number of fused-ring (bicyclic) bond motifs is 1. The zero-order chi connectivity index (χ0) is 22.4. The van der Waals surface area contributed by atoms with Gasteiger partial charge < -0.3 is 25.4 Å². The lowest BCUT2D eigenvalue weighted by Crippen LogP contribution is -2.40. The van der Waals surface area contributed by atoms with Gasteiger partial charge in [0.2, 0.25) is 0 Å². The Hall–Kier alpha value is -2.90. The van der Waals surface area contributed by atoms with Crippen LogP contribution in [0.25, 0.3) is 5.52 Å². The second kappa shape index (κ2) is 7.66.